The van der Waals surface area contributed by atoms with E-state index in [0.717, 1.165) is 18.4 Å². The van der Waals surface area contributed by atoms with Gasteiger partial charge in [-0.25, -0.2) is 9.59 Å². The van der Waals surface area contributed by atoms with Crippen molar-refractivity contribution in [3.05, 3.63) is 11.6 Å². The van der Waals surface area contributed by atoms with Gasteiger partial charge in [0.2, 0.25) is 0 Å². The van der Waals surface area contributed by atoms with Crippen molar-refractivity contribution < 1.29 is 28.5 Å². The molecule has 20 heavy (non-hydrogen) atoms. The number of ether oxygens (including phenoxy) is 4. The number of hydrogen-bond donors (Lipinski definition) is 0. The molecule has 0 spiro atoms. The Bertz CT molecular complexity index is 376. The highest BCUT2D eigenvalue weighted by molar-refractivity contribution is 5.61. The monoisotopic (exact) mass is 286 g/mol. The number of rotatable bonds is 2. The minimum absolute atomic E-state index is 0.0492. The summed E-state index contributed by atoms with van der Waals surface area (Å²) in [5, 5.41) is 0. The second kappa shape index (κ2) is 7.77. The molecule has 6 heteroatoms. The Morgan fingerprint density at radius 3 is 2.35 bits per heavy atom. The molecule has 1 aliphatic rings. The summed E-state index contributed by atoms with van der Waals surface area (Å²) in [7, 11) is 2.49. The van der Waals surface area contributed by atoms with E-state index in [-0.39, 0.29) is 5.92 Å². The van der Waals surface area contributed by atoms with Crippen molar-refractivity contribution in [2.45, 2.75) is 45.3 Å². The van der Waals surface area contributed by atoms with Gasteiger partial charge in [-0.3, -0.25) is 0 Å². The van der Waals surface area contributed by atoms with Crippen molar-refractivity contribution >= 4 is 12.3 Å². The smallest absolute Gasteiger partial charge is 0.438 e. The average molecular weight is 286 g/mol. The highest BCUT2D eigenvalue weighted by Crippen LogP contribution is 2.27. The van der Waals surface area contributed by atoms with Crippen LogP contribution in [0.1, 0.15) is 33.1 Å². The normalized spacial score (nSPS) is 26.6. The van der Waals surface area contributed by atoms with Gasteiger partial charge in [0.1, 0.15) is 12.2 Å². The first kappa shape index (κ1) is 16.3. The summed E-state index contributed by atoms with van der Waals surface area (Å²) >= 11 is 0. The maximum absolute atomic E-state index is 11.4. The molecule has 0 aromatic carbocycles. The Labute approximate surface area is 119 Å². The second-order valence-corrected chi connectivity index (χ2v) is 4.96. The molecule has 0 saturated carbocycles. The molecule has 1 rings (SSSR count). The maximum Gasteiger partial charge on any atom is 0.508 e. The van der Waals surface area contributed by atoms with Crippen molar-refractivity contribution in [3.8, 4) is 0 Å². The summed E-state index contributed by atoms with van der Waals surface area (Å²) in [5.74, 6) is 0.0492. The van der Waals surface area contributed by atoms with Crippen LogP contribution in [0.25, 0.3) is 0 Å². The second-order valence-electron chi connectivity index (χ2n) is 4.96. The molecular weight excluding hydrogens is 264 g/mol. The molecule has 0 aliphatic heterocycles. The zero-order valence-electron chi connectivity index (χ0n) is 12.4. The fourth-order valence-corrected chi connectivity index (χ4v) is 2.27. The number of carbonyl (C=O) groups excluding carboxylic acids is 2. The van der Waals surface area contributed by atoms with Crippen molar-refractivity contribution in [2.24, 2.45) is 5.92 Å². The standard InChI is InChI=1S/C14H22O6/c1-9-6-5-7-10(2)12(20-14(16)18-4)11(8-9)19-13(15)17-3/h6,10-12H,5,7-8H2,1-4H3. The minimum atomic E-state index is -0.783. The molecule has 6 nitrogen and oxygen atoms in total. The first-order valence-electron chi connectivity index (χ1n) is 6.62. The lowest BCUT2D eigenvalue weighted by Crippen LogP contribution is -2.40. The maximum atomic E-state index is 11.4. The van der Waals surface area contributed by atoms with E-state index < -0.39 is 24.5 Å². The number of hydrogen-bond acceptors (Lipinski definition) is 6. The largest absolute Gasteiger partial charge is 0.508 e. The van der Waals surface area contributed by atoms with E-state index in [1.807, 2.05) is 13.8 Å². The highest BCUT2D eigenvalue weighted by Gasteiger charge is 2.35. The molecule has 0 amide bonds. The molecule has 0 saturated heterocycles. The summed E-state index contributed by atoms with van der Waals surface area (Å²) in [6, 6.07) is 0. The van der Waals surface area contributed by atoms with Gasteiger partial charge in [-0.2, -0.15) is 0 Å². The van der Waals surface area contributed by atoms with Crippen molar-refractivity contribution in [2.75, 3.05) is 14.2 Å². The van der Waals surface area contributed by atoms with Crippen LogP contribution in [0.15, 0.2) is 11.6 Å². The van der Waals surface area contributed by atoms with Crippen LogP contribution < -0.4 is 0 Å². The predicted molar refractivity (Wildman–Crippen MR) is 71.3 cm³/mol. The molecule has 3 atom stereocenters. The Morgan fingerprint density at radius 1 is 1.15 bits per heavy atom. The molecule has 0 aromatic rings. The van der Waals surface area contributed by atoms with Gasteiger partial charge in [0.25, 0.3) is 0 Å². The van der Waals surface area contributed by atoms with Gasteiger partial charge in [-0.15, -0.1) is 0 Å². The first-order valence-corrected chi connectivity index (χ1v) is 6.62. The molecule has 0 bridgehead atoms. The third-order valence-corrected chi connectivity index (χ3v) is 3.38. The third kappa shape index (κ3) is 4.75. The fraction of sp³-hybridized carbons (Fsp3) is 0.714. The molecule has 0 N–H and O–H groups in total. The van der Waals surface area contributed by atoms with E-state index in [0.29, 0.717) is 6.42 Å². The molecule has 0 radical (unpaired) electrons. The van der Waals surface area contributed by atoms with Gasteiger partial charge >= 0.3 is 12.3 Å². The van der Waals surface area contributed by atoms with Crippen molar-refractivity contribution in [1.82, 2.24) is 0 Å². The first-order chi connectivity index (χ1) is 9.47. The molecule has 0 fully saturated rings. The van der Waals surface area contributed by atoms with E-state index in [1.54, 1.807) is 0 Å². The van der Waals surface area contributed by atoms with Gasteiger partial charge < -0.3 is 18.9 Å². The van der Waals surface area contributed by atoms with E-state index in [1.165, 1.54) is 14.2 Å². The Balaban J connectivity index is 2.90. The van der Waals surface area contributed by atoms with Crippen LogP contribution in [0.4, 0.5) is 9.59 Å². The minimum Gasteiger partial charge on any atom is -0.438 e. The fourth-order valence-electron chi connectivity index (χ4n) is 2.27. The summed E-state index contributed by atoms with van der Waals surface area (Å²) < 4.78 is 19.6. The lowest BCUT2D eigenvalue weighted by atomic mass is 9.88. The van der Waals surface area contributed by atoms with E-state index in [4.69, 9.17) is 9.47 Å². The van der Waals surface area contributed by atoms with Gasteiger partial charge in [-0.1, -0.05) is 18.6 Å². The Hall–Kier alpha value is -1.72. The topological polar surface area (TPSA) is 71.1 Å². The third-order valence-electron chi connectivity index (χ3n) is 3.38. The van der Waals surface area contributed by atoms with E-state index in [9.17, 15) is 9.59 Å². The average Bonchev–Trinajstić information content (AvgIpc) is 2.42. The van der Waals surface area contributed by atoms with Crippen LogP contribution in [0, 0.1) is 5.92 Å². The quantitative estimate of drug-likeness (QED) is 0.574. The summed E-state index contributed by atoms with van der Waals surface area (Å²) in [6.45, 7) is 3.91. The SMILES string of the molecule is COC(=O)OC1CC(C)=CCCC(C)C1OC(=O)OC. The Kier molecular flexibility index (Phi) is 6.35. The number of allylic oxidation sites excluding steroid dienone is 1. The number of carbonyl (C=O) groups is 2. The summed E-state index contributed by atoms with van der Waals surface area (Å²) in [4.78, 5) is 22.7. The van der Waals surface area contributed by atoms with Gasteiger partial charge in [0.15, 0.2) is 0 Å². The molecule has 114 valence electrons. The molecule has 1 aliphatic carbocycles. The van der Waals surface area contributed by atoms with Crippen LogP contribution in [-0.2, 0) is 18.9 Å². The molecule has 0 aromatic heterocycles. The summed E-state index contributed by atoms with van der Waals surface area (Å²) in [6.07, 6.45) is 1.66. The van der Waals surface area contributed by atoms with Crippen LogP contribution in [0.3, 0.4) is 0 Å². The van der Waals surface area contributed by atoms with Crippen LogP contribution in [-0.4, -0.2) is 38.7 Å². The van der Waals surface area contributed by atoms with Gasteiger partial charge in [0.05, 0.1) is 14.2 Å². The molecular formula is C14H22O6. The van der Waals surface area contributed by atoms with E-state index in [2.05, 4.69) is 15.5 Å². The Morgan fingerprint density at radius 2 is 1.75 bits per heavy atom. The van der Waals surface area contributed by atoms with Gasteiger partial charge in [-0.05, 0) is 25.7 Å². The van der Waals surface area contributed by atoms with Crippen LogP contribution >= 0.6 is 0 Å². The predicted octanol–water partition coefficient (Wildman–Crippen LogP) is 3.06. The molecule has 0 heterocycles. The zero-order chi connectivity index (χ0) is 15.1. The lowest BCUT2D eigenvalue weighted by Gasteiger charge is -2.31. The summed E-state index contributed by atoms with van der Waals surface area (Å²) in [5.41, 5.74) is 1.09. The van der Waals surface area contributed by atoms with Gasteiger partial charge in [0, 0.05) is 6.42 Å². The van der Waals surface area contributed by atoms with E-state index >= 15 is 0 Å². The van der Waals surface area contributed by atoms with Crippen molar-refractivity contribution in [3.63, 3.8) is 0 Å². The van der Waals surface area contributed by atoms with Crippen LogP contribution in [0.5, 0.6) is 0 Å². The highest BCUT2D eigenvalue weighted by atomic mass is 16.8. The molecule has 3 unspecified atom stereocenters. The zero-order valence-corrected chi connectivity index (χ0v) is 12.4. The number of methoxy groups -OCH3 is 2. The van der Waals surface area contributed by atoms with Crippen molar-refractivity contribution in [1.29, 1.82) is 0 Å². The van der Waals surface area contributed by atoms with Crippen LogP contribution in [0.2, 0.25) is 0 Å². The lowest BCUT2D eigenvalue weighted by molar-refractivity contribution is -0.0688.